The van der Waals surface area contributed by atoms with Gasteiger partial charge in [0, 0.05) is 6.42 Å². The fourth-order valence-corrected chi connectivity index (χ4v) is 6.33. The van der Waals surface area contributed by atoms with Crippen LogP contribution < -0.4 is 0 Å². The summed E-state index contributed by atoms with van der Waals surface area (Å²) in [5.41, 5.74) is 0. The molecule has 13 heavy (non-hydrogen) atoms. The number of hydrogen-bond acceptors (Lipinski definition) is 2. The van der Waals surface area contributed by atoms with Crippen molar-refractivity contribution in [3.63, 3.8) is 0 Å². The predicted octanol–water partition coefficient (Wildman–Crippen LogP) is 2.32. The number of carboxylic acid groups (broad SMARTS) is 1. The lowest BCUT2D eigenvalue weighted by atomic mass is 10.3. The highest BCUT2D eigenvalue weighted by Gasteiger charge is 2.19. The molecule has 1 N–H and O–H groups in total. The van der Waals surface area contributed by atoms with Crippen molar-refractivity contribution in [3.8, 4) is 0 Å². The molecule has 0 aliphatic carbocycles. The van der Waals surface area contributed by atoms with Crippen LogP contribution >= 0.6 is 0 Å². The molecule has 0 saturated heterocycles. The van der Waals surface area contributed by atoms with Crippen LogP contribution in [0.1, 0.15) is 12.8 Å². The average molecular weight is 219 g/mol. The van der Waals surface area contributed by atoms with Gasteiger partial charge >= 0.3 is 5.97 Å². The van der Waals surface area contributed by atoms with Crippen LogP contribution in [-0.4, -0.2) is 28.4 Å². The number of carboxylic acids is 1. The summed E-state index contributed by atoms with van der Waals surface area (Å²) in [4.78, 5) is 10.2. The third-order valence-corrected chi connectivity index (χ3v) is 6.30. The molecule has 0 saturated carbocycles. The van der Waals surface area contributed by atoms with Gasteiger partial charge < -0.3 is 9.22 Å². The Labute approximate surface area is 83.0 Å². The van der Waals surface area contributed by atoms with E-state index in [0.717, 1.165) is 12.5 Å². The average Bonchev–Trinajstić information content (AvgIpc) is 1.81. The number of aliphatic carboxylic acids is 1. The maximum Gasteiger partial charge on any atom is 0.303 e. The first-order valence-electron chi connectivity index (χ1n) is 4.54. The highest BCUT2D eigenvalue weighted by molar-refractivity contribution is 6.77. The molecule has 0 spiro atoms. The summed E-state index contributed by atoms with van der Waals surface area (Å²) in [6.07, 6.45) is 1.03. The molecule has 0 atom stereocenters. The third-order valence-electron chi connectivity index (χ3n) is 1.40. The van der Waals surface area contributed by atoms with E-state index >= 15 is 0 Å². The molecule has 3 nitrogen and oxygen atoms in total. The minimum atomic E-state index is -1.40. The summed E-state index contributed by atoms with van der Waals surface area (Å²) < 4.78 is 5.87. The van der Waals surface area contributed by atoms with E-state index in [1.54, 1.807) is 0 Å². The van der Waals surface area contributed by atoms with Crippen LogP contribution in [0.3, 0.4) is 0 Å². The smallest absolute Gasteiger partial charge is 0.303 e. The van der Waals surface area contributed by atoms with Gasteiger partial charge in [0.15, 0.2) is 17.4 Å². The fourth-order valence-electron chi connectivity index (χ4n) is 1.06. The second-order valence-corrected chi connectivity index (χ2v) is 11.1. The summed E-state index contributed by atoms with van der Waals surface area (Å²) in [5, 5.41) is 8.44. The molecule has 0 bridgehead atoms. The van der Waals surface area contributed by atoms with Gasteiger partial charge in [0.25, 0.3) is 0 Å². The second kappa shape index (κ2) is 5.56. The molecule has 0 rings (SSSR count). The monoisotopic (exact) mass is 219 g/mol. The summed E-state index contributed by atoms with van der Waals surface area (Å²) in [6, 6.07) is 0.946. The molecule has 1 radical (unpaired) electrons. The molecule has 0 aromatic heterocycles. The highest BCUT2D eigenvalue weighted by Crippen LogP contribution is 2.10. The van der Waals surface area contributed by atoms with Crippen LogP contribution in [0.2, 0.25) is 32.2 Å². The predicted molar refractivity (Wildman–Crippen MR) is 57.7 cm³/mol. The molecule has 5 heteroatoms. The minimum absolute atomic E-state index is 0.275. The quantitative estimate of drug-likeness (QED) is 0.697. The molecular weight excluding hydrogens is 200 g/mol. The van der Waals surface area contributed by atoms with Crippen molar-refractivity contribution in [2.24, 2.45) is 0 Å². The Kier molecular flexibility index (Phi) is 5.51. The molecule has 0 aromatic rings. The minimum Gasteiger partial charge on any atom is -0.481 e. The molecule has 0 unspecified atom stereocenters. The standard InChI is InChI=1S/C8H19O3Si2/c1-12(11-13(2,3)4)7-5-6-8(9)10/h5-7H2,1-4H3,(H,9,10). The normalized spacial score (nSPS) is 12.1. The van der Waals surface area contributed by atoms with E-state index in [-0.39, 0.29) is 6.42 Å². The maximum atomic E-state index is 10.2. The number of rotatable bonds is 6. The summed E-state index contributed by atoms with van der Waals surface area (Å²) in [7, 11) is -2.14. The maximum absolute atomic E-state index is 10.2. The van der Waals surface area contributed by atoms with Crippen molar-refractivity contribution in [2.75, 3.05) is 0 Å². The van der Waals surface area contributed by atoms with E-state index < -0.39 is 23.3 Å². The van der Waals surface area contributed by atoms with Crippen LogP contribution in [0.5, 0.6) is 0 Å². The third kappa shape index (κ3) is 9.78. The van der Waals surface area contributed by atoms with Crippen LogP contribution in [-0.2, 0) is 8.91 Å². The van der Waals surface area contributed by atoms with Crippen LogP contribution in [0.4, 0.5) is 0 Å². The molecular formula is C8H19O3Si2. The second-order valence-electron chi connectivity index (χ2n) is 4.16. The van der Waals surface area contributed by atoms with Gasteiger partial charge in [-0.2, -0.15) is 0 Å². The van der Waals surface area contributed by atoms with Gasteiger partial charge in [0.2, 0.25) is 0 Å². The molecule has 0 aromatic carbocycles. The lowest BCUT2D eigenvalue weighted by Gasteiger charge is -2.22. The summed E-state index contributed by atoms with van der Waals surface area (Å²) in [6.45, 7) is 8.61. The van der Waals surface area contributed by atoms with Crippen LogP contribution in [0.25, 0.3) is 0 Å². The zero-order valence-electron chi connectivity index (χ0n) is 8.89. The Balaban J connectivity index is 3.52. The van der Waals surface area contributed by atoms with Crippen molar-refractivity contribution in [2.45, 2.75) is 45.1 Å². The van der Waals surface area contributed by atoms with Crippen molar-refractivity contribution in [1.29, 1.82) is 0 Å². The first kappa shape index (κ1) is 12.9. The molecule has 0 fully saturated rings. The Hall–Kier alpha value is -0.136. The Morgan fingerprint density at radius 3 is 2.38 bits per heavy atom. The topological polar surface area (TPSA) is 46.5 Å². The fraction of sp³-hybridized carbons (Fsp3) is 0.875. The van der Waals surface area contributed by atoms with E-state index in [9.17, 15) is 4.79 Å². The van der Waals surface area contributed by atoms with E-state index in [1.807, 2.05) is 0 Å². The zero-order valence-corrected chi connectivity index (χ0v) is 10.9. The number of carbonyl (C=O) groups is 1. The van der Waals surface area contributed by atoms with E-state index in [4.69, 9.17) is 9.22 Å². The van der Waals surface area contributed by atoms with Crippen LogP contribution in [0, 0.1) is 0 Å². The Morgan fingerprint density at radius 1 is 1.46 bits per heavy atom. The van der Waals surface area contributed by atoms with Gasteiger partial charge in [-0.25, -0.2) is 0 Å². The first-order valence-corrected chi connectivity index (χ1v) is 10.1. The SMILES string of the molecule is C[Si](CCCC(=O)O)O[Si](C)(C)C. The van der Waals surface area contributed by atoms with Crippen molar-refractivity contribution < 1.29 is 14.0 Å². The number of hydrogen-bond donors (Lipinski definition) is 1. The first-order chi connectivity index (χ1) is 5.81. The lowest BCUT2D eigenvalue weighted by Crippen LogP contribution is -2.32. The molecule has 0 aliphatic rings. The molecule has 0 heterocycles. The largest absolute Gasteiger partial charge is 0.481 e. The van der Waals surface area contributed by atoms with Gasteiger partial charge in [-0.05, 0) is 38.7 Å². The summed E-state index contributed by atoms with van der Waals surface area (Å²) >= 11 is 0. The highest BCUT2D eigenvalue weighted by atomic mass is 28.4. The molecule has 0 aliphatic heterocycles. The van der Waals surface area contributed by atoms with Gasteiger partial charge in [0.1, 0.15) is 0 Å². The van der Waals surface area contributed by atoms with Crippen molar-refractivity contribution in [3.05, 3.63) is 0 Å². The Bertz CT molecular complexity index is 165. The lowest BCUT2D eigenvalue weighted by molar-refractivity contribution is -0.137. The molecule has 0 amide bonds. The van der Waals surface area contributed by atoms with E-state index in [0.29, 0.717) is 0 Å². The van der Waals surface area contributed by atoms with E-state index in [2.05, 4.69) is 26.2 Å². The zero-order chi connectivity index (χ0) is 10.5. The van der Waals surface area contributed by atoms with Crippen molar-refractivity contribution >= 4 is 23.3 Å². The molecule has 77 valence electrons. The van der Waals surface area contributed by atoms with Crippen molar-refractivity contribution in [1.82, 2.24) is 0 Å². The Morgan fingerprint density at radius 2 is 2.00 bits per heavy atom. The summed E-state index contributed by atoms with van der Waals surface area (Å²) in [5.74, 6) is -0.706. The van der Waals surface area contributed by atoms with Gasteiger partial charge in [0.05, 0.1) is 0 Å². The van der Waals surface area contributed by atoms with Gasteiger partial charge in [-0.3, -0.25) is 4.79 Å². The van der Waals surface area contributed by atoms with Crippen LogP contribution in [0.15, 0.2) is 0 Å². The van der Waals surface area contributed by atoms with Gasteiger partial charge in [-0.1, -0.05) is 0 Å². The van der Waals surface area contributed by atoms with E-state index in [1.165, 1.54) is 0 Å². The van der Waals surface area contributed by atoms with Gasteiger partial charge in [-0.15, -0.1) is 0 Å².